The molecule has 0 bridgehead atoms. The topological polar surface area (TPSA) is 49.7 Å². The van der Waals surface area contributed by atoms with E-state index >= 15 is 0 Å². The SMILES string of the molecule is Oc1cccc(C2COCC2O)c1. The second-order valence-corrected chi connectivity index (χ2v) is 3.31. The number of rotatable bonds is 1. The quantitative estimate of drug-likeness (QED) is 0.674. The molecule has 2 N–H and O–H groups in total. The predicted octanol–water partition coefficient (Wildman–Crippen LogP) is 0.867. The molecule has 3 heteroatoms. The molecule has 0 aromatic heterocycles. The maximum Gasteiger partial charge on any atom is 0.115 e. The highest BCUT2D eigenvalue weighted by atomic mass is 16.5. The Morgan fingerprint density at radius 1 is 1.31 bits per heavy atom. The summed E-state index contributed by atoms with van der Waals surface area (Å²) in [7, 11) is 0. The summed E-state index contributed by atoms with van der Waals surface area (Å²) in [4.78, 5) is 0. The Morgan fingerprint density at radius 2 is 2.15 bits per heavy atom. The summed E-state index contributed by atoms with van der Waals surface area (Å²) in [5.41, 5.74) is 0.935. The van der Waals surface area contributed by atoms with Gasteiger partial charge in [-0.15, -0.1) is 0 Å². The highest BCUT2D eigenvalue weighted by Gasteiger charge is 2.27. The Morgan fingerprint density at radius 3 is 2.77 bits per heavy atom. The van der Waals surface area contributed by atoms with Crippen molar-refractivity contribution in [2.24, 2.45) is 0 Å². The number of ether oxygens (including phenoxy) is 1. The van der Waals surface area contributed by atoms with Crippen molar-refractivity contribution in [1.82, 2.24) is 0 Å². The molecule has 3 nitrogen and oxygen atoms in total. The van der Waals surface area contributed by atoms with E-state index in [1.807, 2.05) is 6.07 Å². The van der Waals surface area contributed by atoms with Crippen LogP contribution >= 0.6 is 0 Å². The van der Waals surface area contributed by atoms with Gasteiger partial charge in [0.1, 0.15) is 5.75 Å². The molecule has 1 fully saturated rings. The number of phenols is 1. The standard InChI is InChI=1S/C10H12O3/c11-8-3-1-2-7(4-8)9-5-13-6-10(9)12/h1-4,9-12H,5-6H2. The Hall–Kier alpha value is -1.06. The molecule has 2 unspecified atom stereocenters. The van der Waals surface area contributed by atoms with Crippen molar-refractivity contribution in [3.8, 4) is 5.75 Å². The summed E-state index contributed by atoms with van der Waals surface area (Å²) < 4.78 is 5.13. The lowest BCUT2D eigenvalue weighted by atomic mass is 9.96. The summed E-state index contributed by atoms with van der Waals surface area (Å²) in [6.45, 7) is 0.922. The zero-order valence-electron chi connectivity index (χ0n) is 7.18. The molecule has 0 saturated carbocycles. The molecule has 1 saturated heterocycles. The lowest BCUT2D eigenvalue weighted by molar-refractivity contribution is 0.124. The molecule has 70 valence electrons. The van der Waals surface area contributed by atoms with E-state index in [-0.39, 0.29) is 11.7 Å². The third kappa shape index (κ3) is 1.66. The van der Waals surface area contributed by atoms with Gasteiger partial charge in [0.05, 0.1) is 19.3 Å². The van der Waals surface area contributed by atoms with Gasteiger partial charge < -0.3 is 14.9 Å². The first-order valence-corrected chi connectivity index (χ1v) is 4.32. The van der Waals surface area contributed by atoms with Gasteiger partial charge in [0.15, 0.2) is 0 Å². The van der Waals surface area contributed by atoms with Gasteiger partial charge in [-0.05, 0) is 17.7 Å². The first-order valence-electron chi connectivity index (χ1n) is 4.32. The second-order valence-electron chi connectivity index (χ2n) is 3.31. The summed E-state index contributed by atoms with van der Waals surface area (Å²) in [6, 6.07) is 6.95. The van der Waals surface area contributed by atoms with Crippen LogP contribution in [0.15, 0.2) is 24.3 Å². The third-order valence-corrected chi connectivity index (χ3v) is 2.35. The first-order chi connectivity index (χ1) is 6.27. The maximum absolute atomic E-state index is 9.53. The van der Waals surface area contributed by atoms with E-state index in [2.05, 4.69) is 0 Å². The van der Waals surface area contributed by atoms with Crippen molar-refractivity contribution in [3.63, 3.8) is 0 Å². The molecule has 2 atom stereocenters. The Kier molecular flexibility index (Phi) is 2.20. The predicted molar refractivity (Wildman–Crippen MR) is 47.7 cm³/mol. The zero-order chi connectivity index (χ0) is 9.26. The number of benzene rings is 1. The van der Waals surface area contributed by atoms with Crippen LogP contribution in [0.3, 0.4) is 0 Å². The molecular formula is C10H12O3. The minimum Gasteiger partial charge on any atom is -0.508 e. The van der Waals surface area contributed by atoms with E-state index in [1.165, 1.54) is 0 Å². The lowest BCUT2D eigenvalue weighted by Crippen LogP contribution is -2.15. The Balaban J connectivity index is 2.24. The van der Waals surface area contributed by atoms with E-state index in [9.17, 15) is 10.2 Å². The van der Waals surface area contributed by atoms with Crippen LogP contribution in [-0.2, 0) is 4.74 Å². The van der Waals surface area contributed by atoms with Gasteiger partial charge in [-0.2, -0.15) is 0 Å². The first kappa shape index (κ1) is 8.53. The van der Waals surface area contributed by atoms with E-state index in [0.29, 0.717) is 13.2 Å². The van der Waals surface area contributed by atoms with Gasteiger partial charge in [-0.1, -0.05) is 12.1 Å². The third-order valence-electron chi connectivity index (χ3n) is 2.35. The van der Waals surface area contributed by atoms with Gasteiger partial charge in [-0.25, -0.2) is 0 Å². The molecule has 1 aliphatic heterocycles. The summed E-state index contributed by atoms with van der Waals surface area (Å²) in [5, 5.41) is 18.8. The number of aliphatic hydroxyl groups excluding tert-OH is 1. The zero-order valence-corrected chi connectivity index (χ0v) is 7.18. The van der Waals surface area contributed by atoms with Crippen LogP contribution in [0.4, 0.5) is 0 Å². The number of phenolic OH excluding ortho intramolecular Hbond substituents is 1. The van der Waals surface area contributed by atoms with Gasteiger partial charge in [0.2, 0.25) is 0 Å². The van der Waals surface area contributed by atoms with Gasteiger partial charge in [-0.3, -0.25) is 0 Å². The van der Waals surface area contributed by atoms with Crippen LogP contribution in [0.1, 0.15) is 11.5 Å². The fourth-order valence-corrected chi connectivity index (χ4v) is 1.62. The lowest BCUT2D eigenvalue weighted by Gasteiger charge is -2.12. The Bertz CT molecular complexity index is 298. The van der Waals surface area contributed by atoms with E-state index in [4.69, 9.17) is 4.74 Å². The summed E-state index contributed by atoms with van der Waals surface area (Å²) >= 11 is 0. The van der Waals surface area contributed by atoms with Crippen LogP contribution < -0.4 is 0 Å². The Labute approximate surface area is 76.6 Å². The van der Waals surface area contributed by atoms with Crippen molar-refractivity contribution >= 4 is 0 Å². The molecular weight excluding hydrogens is 168 g/mol. The van der Waals surface area contributed by atoms with Crippen LogP contribution in [0.5, 0.6) is 5.75 Å². The van der Waals surface area contributed by atoms with Crippen molar-refractivity contribution in [2.75, 3.05) is 13.2 Å². The maximum atomic E-state index is 9.53. The molecule has 0 spiro atoms. The number of hydrogen-bond donors (Lipinski definition) is 2. The monoisotopic (exact) mass is 180 g/mol. The molecule has 1 heterocycles. The molecule has 0 radical (unpaired) electrons. The fourth-order valence-electron chi connectivity index (χ4n) is 1.62. The molecule has 0 amide bonds. The average Bonchev–Trinajstić information content (AvgIpc) is 2.51. The molecule has 2 rings (SSSR count). The number of aromatic hydroxyl groups is 1. The van der Waals surface area contributed by atoms with Crippen LogP contribution in [-0.4, -0.2) is 29.5 Å². The minimum absolute atomic E-state index is 0.00657. The highest BCUT2D eigenvalue weighted by Crippen LogP contribution is 2.27. The second kappa shape index (κ2) is 3.36. The highest BCUT2D eigenvalue weighted by molar-refractivity contribution is 5.30. The molecule has 1 aliphatic rings. The fraction of sp³-hybridized carbons (Fsp3) is 0.400. The molecule has 0 aliphatic carbocycles. The van der Waals surface area contributed by atoms with Gasteiger partial charge >= 0.3 is 0 Å². The molecule has 1 aromatic carbocycles. The largest absolute Gasteiger partial charge is 0.508 e. The van der Waals surface area contributed by atoms with Gasteiger partial charge in [0, 0.05) is 5.92 Å². The van der Waals surface area contributed by atoms with Crippen molar-refractivity contribution in [1.29, 1.82) is 0 Å². The molecule has 1 aromatic rings. The van der Waals surface area contributed by atoms with Crippen molar-refractivity contribution in [2.45, 2.75) is 12.0 Å². The van der Waals surface area contributed by atoms with E-state index < -0.39 is 6.10 Å². The number of aliphatic hydroxyl groups is 1. The smallest absolute Gasteiger partial charge is 0.115 e. The van der Waals surface area contributed by atoms with Crippen molar-refractivity contribution in [3.05, 3.63) is 29.8 Å². The molecule has 13 heavy (non-hydrogen) atoms. The normalized spacial score (nSPS) is 27.8. The van der Waals surface area contributed by atoms with Crippen LogP contribution in [0.2, 0.25) is 0 Å². The minimum atomic E-state index is -0.443. The summed E-state index contributed by atoms with van der Waals surface area (Å²) in [5.74, 6) is 0.240. The van der Waals surface area contributed by atoms with Crippen molar-refractivity contribution < 1.29 is 14.9 Å². The van der Waals surface area contributed by atoms with E-state index in [1.54, 1.807) is 18.2 Å². The summed E-state index contributed by atoms with van der Waals surface area (Å²) in [6.07, 6.45) is -0.443. The van der Waals surface area contributed by atoms with Crippen LogP contribution in [0.25, 0.3) is 0 Å². The average molecular weight is 180 g/mol. The van der Waals surface area contributed by atoms with Crippen LogP contribution in [0, 0.1) is 0 Å². The number of hydrogen-bond acceptors (Lipinski definition) is 3. The van der Waals surface area contributed by atoms with E-state index in [0.717, 1.165) is 5.56 Å². The van der Waals surface area contributed by atoms with Gasteiger partial charge in [0.25, 0.3) is 0 Å².